The summed E-state index contributed by atoms with van der Waals surface area (Å²) in [4.78, 5) is 7.76. The van der Waals surface area contributed by atoms with Crippen molar-refractivity contribution in [2.24, 2.45) is 0 Å². The van der Waals surface area contributed by atoms with Gasteiger partial charge in [-0.3, -0.25) is 4.90 Å². The Morgan fingerprint density at radius 3 is 2.19 bits per heavy atom. The summed E-state index contributed by atoms with van der Waals surface area (Å²) in [6, 6.07) is 27.4. The third kappa shape index (κ3) is 5.31. The van der Waals surface area contributed by atoms with Crippen molar-refractivity contribution < 1.29 is 9.47 Å². The van der Waals surface area contributed by atoms with Crippen LogP contribution in [0.2, 0.25) is 0 Å². The van der Waals surface area contributed by atoms with Crippen molar-refractivity contribution in [3.05, 3.63) is 90.1 Å². The molecule has 0 atom stereocenters. The minimum atomic E-state index is 0.606. The average Bonchev–Trinajstić information content (AvgIpc) is 3.30. The molecule has 0 unspecified atom stereocenters. The van der Waals surface area contributed by atoms with Crippen molar-refractivity contribution in [1.29, 1.82) is 0 Å². The maximum atomic E-state index is 5.85. The number of rotatable bonds is 10. The van der Waals surface area contributed by atoms with Crippen molar-refractivity contribution >= 4 is 0 Å². The molecule has 2 heterocycles. The molecule has 1 aliphatic rings. The van der Waals surface area contributed by atoms with Crippen LogP contribution in [-0.4, -0.2) is 34.2 Å². The highest BCUT2D eigenvalue weighted by Gasteiger charge is 2.21. The zero-order chi connectivity index (χ0) is 24.7. The number of hydrogen-bond acceptors (Lipinski definition) is 4. The van der Waals surface area contributed by atoms with Crippen LogP contribution in [0.3, 0.4) is 0 Å². The molecule has 4 aromatic rings. The first-order valence-electron chi connectivity index (χ1n) is 13.1. The zero-order valence-corrected chi connectivity index (χ0v) is 21.3. The second-order valence-electron chi connectivity index (χ2n) is 9.25. The molecule has 36 heavy (non-hydrogen) atoms. The Bertz CT molecular complexity index is 1270. The molecule has 3 aromatic carbocycles. The van der Waals surface area contributed by atoms with Gasteiger partial charge in [-0.05, 0) is 37.6 Å². The second-order valence-corrected chi connectivity index (χ2v) is 9.25. The van der Waals surface area contributed by atoms with Gasteiger partial charge in [0.2, 0.25) is 0 Å². The van der Waals surface area contributed by atoms with E-state index in [4.69, 9.17) is 14.5 Å². The quantitative estimate of drug-likeness (QED) is 0.249. The van der Waals surface area contributed by atoms with Crippen LogP contribution in [0.5, 0.6) is 11.5 Å². The molecule has 186 valence electrons. The molecule has 0 fully saturated rings. The van der Waals surface area contributed by atoms with Crippen molar-refractivity contribution in [3.8, 4) is 34.1 Å². The first kappa shape index (κ1) is 24.1. The fourth-order valence-electron chi connectivity index (χ4n) is 4.87. The van der Waals surface area contributed by atoms with E-state index in [2.05, 4.69) is 96.1 Å². The summed E-state index contributed by atoms with van der Waals surface area (Å²) < 4.78 is 14.0. The molecule has 5 nitrogen and oxygen atoms in total. The third-order valence-corrected chi connectivity index (χ3v) is 6.68. The predicted octanol–water partition coefficient (Wildman–Crippen LogP) is 6.81. The highest BCUT2D eigenvalue weighted by atomic mass is 16.6. The highest BCUT2D eigenvalue weighted by Crippen LogP contribution is 2.33. The van der Waals surface area contributed by atoms with Gasteiger partial charge in [0.25, 0.3) is 0 Å². The van der Waals surface area contributed by atoms with E-state index in [1.807, 2.05) is 6.07 Å². The van der Waals surface area contributed by atoms with Gasteiger partial charge >= 0.3 is 0 Å². The van der Waals surface area contributed by atoms with E-state index in [0.717, 1.165) is 73.2 Å². The highest BCUT2D eigenvalue weighted by molar-refractivity contribution is 5.68. The van der Waals surface area contributed by atoms with Crippen molar-refractivity contribution in [2.45, 2.75) is 46.3 Å². The lowest BCUT2D eigenvalue weighted by Crippen LogP contribution is -2.26. The molecule has 0 radical (unpaired) electrons. The number of imidazole rings is 1. The molecule has 5 rings (SSSR count). The topological polar surface area (TPSA) is 39.5 Å². The van der Waals surface area contributed by atoms with Gasteiger partial charge in [0.15, 0.2) is 11.5 Å². The van der Waals surface area contributed by atoms with E-state index >= 15 is 0 Å². The van der Waals surface area contributed by atoms with Crippen molar-refractivity contribution in [2.75, 3.05) is 19.8 Å². The first-order valence-corrected chi connectivity index (χ1v) is 13.1. The lowest BCUT2D eigenvalue weighted by molar-refractivity contribution is 0.171. The normalized spacial score (nSPS) is 12.8. The minimum absolute atomic E-state index is 0.606. The standard InChI is InChI=1S/C31H35N3O2/c1-3-5-18-33(22-24-16-17-28-29(21-24)36-20-19-35-28)23-27-30(25-12-8-6-9-13-25)32-31(34(27)4-2)26-14-10-7-11-15-26/h6-17,21H,3-5,18-20,22-23H2,1-2H3. The van der Waals surface area contributed by atoms with Gasteiger partial charge in [-0.25, -0.2) is 4.98 Å². The van der Waals surface area contributed by atoms with Crippen LogP contribution < -0.4 is 9.47 Å². The number of aromatic nitrogens is 2. The molecule has 1 aromatic heterocycles. The fourth-order valence-corrected chi connectivity index (χ4v) is 4.87. The van der Waals surface area contributed by atoms with E-state index in [-0.39, 0.29) is 0 Å². The van der Waals surface area contributed by atoms with Crippen LogP contribution in [-0.2, 0) is 19.6 Å². The monoisotopic (exact) mass is 481 g/mol. The lowest BCUT2D eigenvalue weighted by Gasteiger charge is -2.25. The zero-order valence-electron chi connectivity index (χ0n) is 21.3. The molecule has 0 amide bonds. The van der Waals surface area contributed by atoms with E-state index in [1.165, 1.54) is 11.3 Å². The van der Waals surface area contributed by atoms with E-state index in [9.17, 15) is 0 Å². The fraction of sp³-hybridized carbons (Fsp3) is 0.323. The largest absolute Gasteiger partial charge is 0.486 e. The molecule has 0 aliphatic carbocycles. The summed E-state index contributed by atoms with van der Waals surface area (Å²) in [7, 11) is 0. The van der Waals surface area contributed by atoms with Gasteiger partial charge in [-0.1, -0.05) is 80.1 Å². The molecular weight excluding hydrogens is 446 g/mol. The number of benzene rings is 3. The Hall–Kier alpha value is -3.57. The maximum absolute atomic E-state index is 5.85. The molecule has 0 saturated heterocycles. The van der Waals surface area contributed by atoms with Crippen LogP contribution in [0.4, 0.5) is 0 Å². The van der Waals surface area contributed by atoms with Crippen molar-refractivity contribution in [1.82, 2.24) is 14.5 Å². The molecular formula is C31H35N3O2. The summed E-state index contributed by atoms with van der Waals surface area (Å²) in [5, 5.41) is 0. The van der Waals surface area contributed by atoms with E-state index in [1.54, 1.807) is 0 Å². The summed E-state index contributed by atoms with van der Waals surface area (Å²) >= 11 is 0. The molecule has 0 bridgehead atoms. The van der Waals surface area contributed by atoms with Crippen LogP contribution >= 0.6 is 0 Å². The van der Waals surface area contributed by atoms with Crippen molar-refractivity contribution in [3.63, 3.8) is 0 Å². The molecule has 1 aliphatic heterocycles. The molecule has 5 heteroatoms. The maximum Gasteiger partial charge on any atom is 0.161 e. The molecule has 0 N–H and O–H groups in total. The van der Waals surface area contributed by atoms with Gasteiger partial charge in [0.1, 0.15) is 19.0 Å². The van der Waals surface area contributed by atoms with Gasteiger partial charge in [-0.15, -0.1) is 0 Å². The van der Waals surface area contributed by atoms with Gasteiger partial charge in [0.05, 0.1) is 11.4 Å². The van der Waals surface area contributed by atoms with Gasteiger partial charge < -0.3 is 14.0 Å². The van der Waals surface area contributed by atoms with Gasteiger partial charge in [0, 0.05) is 30.8 Å². The second kappa shape index (κ2) is 11.4. The Morgan fingerprint density at radius 1 is 0.806 bits per heavy atom. The van der Waals surface area contributed by atoms with Crippen LogP contribution in [0.1, 0.15) is 37.9 Å². The summed E-state index contributed by atoms with van der Waals surface area (Å²) in [5.74, 6) is 2.72. The van der Waals surface area contributed by atoms with Gasteiger partial charge in [-0.2, -0.15) is 0 Å². The predicted molar refractivity (Wildman–Crippen MR) is 145 cm³/mol. The number of unbranched alkanes of at least 4 members (excludes halogenated alkanes) is 1. The van der Waals surface area contributed by atoms with Crippen LogP contribution in [0, 0.1) is 0 Å². The summed E-state index contributed by atoms with van der Waals surface area (Å²) in [6.45, 7) is 9.24. The van der Waals surface area contributed by atoms with Crippen LogP contribution in [0.25, 0.3) is 22.6 Å². The summed E-state index contributed by atoms with van der Waals surface area (Å²) in [6.07, 6.45) is 2.31. The number of fused-ring (bicyclic) bond motifs is 1. The lowest BCUT2D eigenvalue weighted by atomic mass is 10.1. The average molecular weight is 482 g/mol. The Kier molecular flexibility index (Phi) is 7.67. The Labute approximate surface area is 214 Å². The molecule has 0 spiro atoms. The number of hydrogen-bond donors (Lipinski definition) is 0. The number of ether oxygens (including phenoxy) is 2. The van der Waals surface area contributed by atoms with E-state index in [0.29, 0.717) is 13.2 Å². The summed E-state index contributed by atoms with van der Waals surface area (Å²) in [5.41, 5.74) is 5.88. The third-order valence-electron chi connectivity index (χ3n) is 6.68. The first-order chi connectivity index (χ1) is 17.8. The SMILES string of the molecule is CCCCN(Cc1ccc2c(c1)OCCO2)Cc1c(-c2ccccc2)nc(-c2ccccc2)n1CC. The number of nitrogens with zero attached hydrogens (tertiary/aromatic N) is 3. The minimum Gasteiger partial charge on any atom is -0.486 e. The smallest absolute Gasteiger partial charge is 0.161 e. The Morgan fingerprint density at radius 2 is 1.50 bits per heavy atom. The molecule has 0 saturated carbocycles. The van der Waals surface area contributed by atoms with Crippen LogP contribution in [0.15, 0.2) is 78.9 Å². The van der Waals surface area contributed by atoms with E-state index < -0.39 is 0 Å². The Balaban J connectivity index is 1.52.